The summed E-state index contributed by atoms with van der Waals surface area (Å²) in [6.07, 6.45) is 6.31. The number of hydrogen-bond donors (Lipinski definition) is 3. The van der Waals surface area contributed by atoms with Gasteiger partial charge < -0.3 is 15.4 Å². The molecule has 0 spiro atoms. The molecule has 0 aromatic carbocycles. The van der Waals surface area contributed by atoms with Gasteiger partial charge in [0.2, 0.25) is 0 Å². The third-order valence-electron chi connectivity index (χ3n) is 5.27. The van der Waals surface area contributed by atoms with Gasteiger partial charge in [-0.15, -0.1) is 0 Å². The largest absolute Gasteiger partial charge is 0.446 e. The van der Waals surface area contributed by atoms with E-state index >= 15 is 0 Å². The lowest BCUT2D eigenvalue weighted by Gasteiger charge is -2.22. The molecule has 1 saturated carbocycles. The number of carbonyl (C=O) groups excluding carboxylic acids is 1. The molecule has 33 heavy (non-hydrogen) atoms. The third kappa shape index (κ3) is 6.01. The highest BCUT2D eigenvalue weighted by Gasteiger charge is 2.30. The first-order valence-electron chi connectivity index (χ1n) is 10.8. The van der Waals surface area contributed by atoms with Crippen molar-refractivity contribution in [3.8, 4) is 0 Å². The number of fused-ring (bicyclic) bond motifs is 1. The highest BCUT2D eigenvalue weighted by Crippen LogP contribution is 2.36. The maximum Gasteiger partial charge on any atom is 0.407 e. The first kappa shape index (κ1) is 23.0. The number of ether oxygens (including phenoxy) is 1. The number of aromatic nitrogens is 5. The molecule has 1 amide bonds. The Labute approximate surface area is 192 Å². The summed E-state index contributed by atoms with van der Waals surface area (Å²) in [5.74, 6) is 1.18. The number of H-pyrrole nitrogens is 1. The molecule has 11 nitrogen and oxygen atoms in total. The van der Waals surface area contributed by atoms with Crippen LogP contribution in [0, 0.1) is 0 Å². The van der Waals surface area contributed by atoms with Crippen molar-refractivity contribution in [2.75, 3.05) is 11.6 Å². The summed E-state index contributed by atoms with van der Waals surface area (Å²) in [5, 5.41) is 17.7. The van der Waals surface area contributed by atoms with E-state index in [1.54, 1.807) is 23.0 Å². The molecular weight excluding hydrogens is 446 g/mol. The minimum absolute atomic E-state index is 0.132. The monoisotopic (exact) mass is 475 g/mol. The lowest BCUT2D eigenvalue weighted by Crippen LogP contribution is -2.42. The number of nitrogens with one attached hydrogen (secondary N) is 3. The average molecular weight is 476 g/mol. The molecule has 1 fully saturated rings. The molecule has 4 rings (SSSR count). The van der Waals surface area contributed by atoms with Gasteiger partial charge in [-0.05, 0) is 46.1 Å². The molecule has 0 saturated heterocycles. The third-order valence-corrected chi connectivity index (χ3v) is 6.09. The molecule has 0 bridgehead atoms. The zero-order valence-electron chi connectivity index (χ0n) is 19.1. The molecule has 0 aliphatic heterocycles. The van der Waals surface area contributed by atoms with E-state index in [0.29, 0.717) is 22.8 Å². The minimum atomic E-state index is -3.19. The van der Waals surface area contributed by atoms with Crippen LogP contribution in [0.5, 0.6) is 0 Å². The van der Waals surface area contributed by atoms with Gasteiger partial charge in [-0.3, -0.25) is 5.10 Å². The molecule has 3 heterocycles. The lowest BCUT2D eigenvalue weighted by molar-refractivity contribution is 0.0936. The number of anilines is 2. The number of amides is 1. The van der Waals surface area contributed by atoms with Crippen LogP contribution in [0.2, 0.25) is 0 Å². The fourth-order valence-electron chi connectivity index (χ4n) is 3.96. The standard InChI is InChI=1S/C21H29N7O4S/c1-21(2,3)24-20(29)32-15-6-5-13(9-15)16-11-18(26-25-16)23-19-17-10-14(12-33(4,30)31)27-28(17)8-7-22-19/h7-8,10-11,13,15H,5-6,9,12H2,1-4H3,(H,24,29)(H2,22,23,25,26). The normalized spacial score (nSPS) is 19.0. The SMILES string of the molecule is CC(C)(C)NC(=O)OC1CCC(c2cc(Nc3nccn4nc(CS(C)(=O)=O)cc34)n[nH]2)C1. The van der Waals surface area contributed by atoms with Crippen LogP contribution in [0.15, 0.2) is 24.5 Å². The number of sulfone groups is 1. The Hall–Kier alpha value is -3.15. The zero-order valence-corrected chi connectivity index (χ0v) is 19.9. The summed E-state index contributed by atoms with van der Waals surface area (Å²) < 4.78 is 30.4. The van der Waals surface area contributed by atoms with Gasteiger partial charge in [0.25, 0.3) is 0 Å². The molecule has 3 N–H and O–H groups in total. The summed E-state index contributed by atoms with van der Waals surface area (Å²) in [6.45, 7) is 5.74. The maximum absolute atomic E-state index is 12.0. The number of hydrogen-bond acceptors (Lipinski definition) is 8. The Morgan fingerprint density at radius 1 is 1.30 bits per heavy atom. The second kappa shape index (κ2) is 8.65. The Bertz CT molecular complexity index is 1260. The van der Waals surface area contributed by atoms with Gasteiger partial charge in [0, 0.05) is 41.9 Å². The smallest absolute Gasteiger partial charge is 0.407 e. The fraction of sp³-hybridized carbons (Fsp3) is 0.524. The quantitative estimate of drug-likeness (QED) is 0.494. The number of aromatic amines is 1. The van der Waals surface area contributed by atoms with Crippen LogP contribution in [0.25, 0.3) is 5.52 Å². The molecule has 2 unspecified atom stereocenters. The van der Waals surface area contributed by atoms with Gasteiger partial charge in [-0.2, -0.15) is 10.2 Å². The Morgan fingerprint density at radius 3 is 2.82 bits per heavy atom. The van der Waals surface area contributed by atoms with E-state index in [9.17, 15) is 13.2 Å². The number of alkyl carbamates (subject to hydrolysis) is 1. The highest BCUT2D eigenvalue weighted by atomic mass is 32.2. The minimum Gasteiger partial charge on any atom is -0.446 e. The number of rotatable bonds is 6. The maximum atomic E-state index is 12.0. The van der Waals surface area contributed by atoms with Crippen LogP contribution in [-0.2, 0) is 20.3 Å². The van der Waals surface area contributed by atoms with Gasteiger partial charge in [0.1, 0.15) is 11.6 Å². The zero-order chi connectivity index (χ0) is 23.8. The van der Waals surface area contributed by atoms with E-state index in [0.717, 1.165) is 25.0 Å². The van der Waals surface area contributed by atoms with Crippen molar-refractivity contribution in [2.24, 2.45) is 0 Å². The molecule has 3 aromatic rings. The van der Waals surface area contributed by atoms with E-state index in [1.807, 2.05) is 26.8 Å². The second-order valence-corrected chi connectivity index (χ2v) is 11.7. The van der Waals surface area contributed by atoms with Gasteiger partial charge in [0.15, 0.2) is 21.5 Å². The Balaban J connectivity index is 1.41. The van der Waals surface area contributed by atoms with Gasteiger partial charge in [-0.1, -0.05) is 0 Å². The van der Waals surface area contributed by atoms with Crippen LogP contribution in [0.3, 0.4) is 0 Å². The summed E-state index contributed by atoms with van der Waals surface area (Å²) >= 11 is 0. The first-order valence-corrected chi connectivity index (χ1v) is 12.8. The van der Waals surface area contributed by atoms with E-state index < -0.39 is 15.9 Å². The van der Waals surface area contributed by atoms with Crippen molar-refractivity contribution in [3.05, 3.63) is 35.9 Å². The molecule has 12 heteroatoms. The highest BCUT2D eigenvalue weighted by molar-refractivity contribution is 7.89. The van der Waals surface area contributed by atoms with Crippen LogP contribution >= 0.6 is 0 Å². The molecule has 1 aliphatic carbocycles. The molecule has 178 valence electrons. The molecule has 3 aromatic heterocycles. The van der Waals surface area contributed by atoms with Crippen molar-refractivity contribution < 1.29 is 17.9 Å². The molecule has 1 aliphatic rings. The first-order chi connectivity index (χ1) is 15.4. The number of carbonyl (C=O) groups is 1. The van der Waals surface area contributed by atoms with Crippen molar-refractivity contribution in [3.63, 3.8) is 0 Å². The fourth-order valence-corrected chi connectivity index (χ4v) is 4.63. The topological polar surface area (TPSA) is 143 Å². The van der Waals surface area contributed by atoms with Gasteiger partial charge in [0.05, 0.1) is 11.4 Å². The van der Waals surface area contributed by atoms with E-state index in [2.05, 4.69) is 30.9 Å². The van der Waals surface area contributed by atoms with Crippen LogP contribution in [-0.4, -0.2) is 57.2 Å². The molecule has 2 atom stereocenters. The lowest BCUT2D eigenvalue weighted by atomic mass is 10.0. The number of nitrogens with zero attached hydrogens (tertiary/aromatic N) is 4. The Kier molecular flexibility index (Phi) is 6.04. The van der Waals surface area contributed by atoms with Crippen molar-refractivity contribution >= 4 is 33.1 Å². The van der Waals surface area contributed by atoms with Crippen LogP contribution in [0.1, 0.15) is 57.3 Å². The average Bonchev–Trinajstić information content (AvgIpc) is 3.38. The van der Waals surface area contributed by atoms with Crippen molar-refractivity contribution in [1.82, 2.24) is 30.1 Å². The van der Waals surface area contributed by atoms with Crippen molar-refractivity contribution in [2.45, 2.75) is 63.3 Å². The predicted octanol–water partition coefficient (Wildman–Crippen LogP) is 2.90. The van der Waals surface area contributed by atoms with Crippen molar-refractivity contribution in [1.29, 1.82) is 0 Å². The second-order valence-electron chi connectivity index (χ2n) is 9.56. The summed E-state index contributed by atoms with van der Waals surface area (Å²) in [4.78, 5) is 16.4. The summed E-state index contributed by atoms with van der Waals surface area (Å²) in [7, 11) is -3.19. The summed E-state index contributed by atoms with van der Waals surface area (Å²) in [5.41, 5.74) is 1.72. The van der Waals surface area contributed by atoms with Crippen LogP contribution < -0.4 is 10.6 Å². The van der Waals surface area contributed by atoms with E-state index in [4.69, 9.17) is 4.74 Å². The van der Waals surface area contributed by atoms with E-state index in [1.165, 1.54) is 6.26 Å². The van der Waals surface area contributed by atoms with Crippen LogP contribution in [0.4, 0.5) is 16.4 Å². The van der Waals surface area contributed by atoms with E-state index in [-0.39, 0.29) is 23.3 Å². The molecular formula is C21H29N7O4S. The molecule has 0 radical (unpaired) electrons. The Morgan fingerprint density at radius 2 is 2.09 bits per heavy atom. The summed E-state index contributed by atoms with van der Waals surface area (Å²) in [6, 6.07) is 3.62. The van der Waals surface area contributed by atoms with Gasteiger partial charge >= 0.3 is 6.09 Å². The predicted molar refractivity (Wildman–Crippen MR) is 123 cm³/mol. The van der Waals surface area contributed by atoms with Gasteiger partial charge in [-0.25, -0.2) is 22.7 Å².